The fourth-order valence-electron chi connectivity index (χ4n) is 1.92. The predicted molar refractivity (Wildman–Crippen MR) is 109 cm³/mol. The summed E-state index contributed by atoms with van der Waals surface area (Å²) >= 11 is 6.14. The van der Waals surface area contributed by atoms with E-state index in [9.17, 15) is 5.11 Å². The Hall–Kier alpha value is -1.49. The zero-order valence-electron chi connectivity index (χ0n) is 16.4. The van der Waals surface area contributed by atoms with Crippen LogP contribution >= 0.6 is 11.6 Å². The zero-order chi connectivity index (χ0) is 19.2. The molecule has 5 heteroatoms. The predicted octanol–water partition coefficient (Wildman–Crippen LogP) is 4.50. The van der Waals surface area contributed by atoms with E-state index < -0.39 is 0 Å². The summed E-state index contributed by atoms with van der Waals surface area (Å²) in [4.78, 5) is 8.44. The maximum Gasteiger partial charge on any atom is 0.134 e. The highest BCUT2D eigenvalue weighted by molar-refractivity contribution is 6.69. The smallest absolute Gasteiger partial charge is 0.134 e. The van der Waals surface area contributed by atoms with Crippen LogP contribution in [-0.4, -0.2) is 35.5 Å². The number of likely N-dealkylation sites (N-methyl/N-ethyl adjacent to an activating group) is 1. The second-order valence-corrected chi connectivity index (χ2v) is 6.10. The number of aromatic nitrogens is 1. The molecule has 0 saturated heterocycles. The van der Waals surface area contributed by atoms with E-state index in [-0.39, 0.29) is 6.61 Å². The van der Waals surface area contributed by atoms with Crippen LogP contribution in [0.15, 0.2) is 51.8 Å². The first-order valence-corrected chi connectivity index (χ1v) is 9.03. The molecule has 0 atom stereocenters. The quantitative estimate of drug-likeness (QED) is 0.699. The van der Waals surface area contributed by atoms with Gasteiger partial charge in [0.2, 0.25) is 0 Å². The second-order valence-electron chi connectivity index (χ2n) is 5.74. The summed E-state index contributed by atoms with van der Waals surface area (Å²) in [6, 6.07) is 5.96. The summed E-state index contributed by atoms with van der Waals surface area (Å²) in [5.74, 6) is 0. The lowest BCUT2D eigenvalue weighted by Crippen LogP contribution is -2.14. The van der Waals surface area contributed by atoms with E-state index in [1.54, 1.807) is 0 Å². The molecule has 0 bridgehead atoms. The molecule has 1 aromatic rings. The van der Waals surface area contributed by atoms with Crippen LogP contribution in [0.3, 0.4) is 0 Å². The molecule has 0 aliphatic carbocycles. The number of halogens is 1. The lowest BCUT2D eigenvalue weighted by molar-refractivity contribution is 0.336. The normalized spacial score (nSPS) is 13.5. The Bertz CT molecular complexity index is 592. The average molecular weight is 366 g/mol. The first kappa shape index (κ1) is 23.5. The van der Waals surface area contributed by atoms with Crippen molar-refractivity contribution in [2.75, 3.05) is 20.2 Å². The lowest BCUT2D eigenvalue weighted by atomic mass is 10.1. The molecule has 0 spiro atoms. The van der Waals surface area contributed by atoms with Gasteiger partial charge < -0.3 is 10.4 Å². The molecule has 0 amide bonds. The summed E-state index contributed by atoms with van der Waals surface area (Å²) in [5.41, 5.74) is 4.98. The maximum atomic E-state index is 9.34. The standard InChI is InChI=1S/C13H23ClN2O.C7H9N/c1-6-9(2)11(4)16-13(14)12(8-17)10(3)7-15-5;1-2-7-5-3-4-6-8-7/h15,17H,6-8H2,1-5H3;3-6H,2H2,1H3/b11-9?,12-10+,16-13?;. The molecule has 1 heterocycles. The monoisotopic (exact) mass is 365 g/mol. The average Bonchev–Trinajstić information content (AvgIpc) is 2.62. The maximum absolute atomic E-state index is 9.34. The van der Waals surface area contributed by atoms with Crippen LogP contribution in [0.1, 0.15) is 46.7 Å². The molecule has 0 radical (unpaired) electrons. The van der Waals surface area contributed by atoms with Gasteiger partial charge in [0.15, 0.2) is 0 Å². The van der Waals surface area contributed by atoms with Crippen molar-refractivity contribution in [1.29, 1.82) is 0 Å². The van der Waals surface area contributed by atoms with Crippen molar-refractivity contribution in [2.24, 2.45) is 4.99 Å². The largest absolute Gasteiger partial charge is 0.392 e. The highest BCUT2D eigenvalue weighted by Crippen LogP contribution is 2.14. The minimum atomic E-state index is -0.0890. The third-order valence-electron chi connectivity index (χ3n) is 3.87. The Morgan fingerprint density at radius 3 is 2.28 bits per heavy atom. The molecular formula is C20H32ClN3O. The van der Waals surface area contributed by atoms with Crippen LogP contribution < -0.4 is 5.32 Å². The van der Waals surface area contributed by atoms with Crippen LogP contribution in [-0.2, 0) is 6.42 Å². The fraction of sp³-hybridized carbons (Fsp3) is 0.500. The molecule has 1 rings (SSSR count). The third kappa shape index (κ3) is 9.54. The number of pyridine rings is 1. The molecular weight excluding hydrogens is 334 g/mol. The fourth-order valence-corrected chi connectivity index (χ4v) is 2.27. The van der Waals surface area contributed by atoms with Gasteiger partial charge in [-0.3, -0.25) is 4.98 Å². The van der Waals surface area contributed by atoms with E-state index in [2.05, 4.69) is 29.1 Å². The Labute approximate surface area is 157 Å². The number of allylic oxidation sites excluding steroid dienone is 2. The third-order valence-corrected chi connectivity index (χ3v) is 4.18. The van der Waals surface area contributed by atoms with E-state index in [0.717, 1.165) is 29.8 Å². The van der Waals surface area contributed by atoms with E-state index in [4.69, 9.17) is 11.6 Å². The highest BCUT2D eigenvalue weighted by atomic mass is 35.5. The Kier molecular flexibility index (Phi) is 12.9. The van der Waals surface area contributed by atoms with Gasteiger partial charge in [0.1, 0.15) is 5.17 Å². The molecule has 0 fully saturated rings. The number of rotatable bonds is 7. The van der Waals surface area contributed by atoms with E-state index in [1.807, 2.05) is 52.2 Å². The summed E-state index contributed by atoms with van der Waals surface area (Å²) in [6.07, 6.45) is 3.80. The molecule has 0 aliphatic rings. The van der Waals surface area contributed by atoms with Crippen molar-refractivity contribution in [1.82, 2.24) is 10.3 Å². The van der Waals surface area contributed by atoms with Crippen LogP contribution in [0.2, 0.25) is 0 Å². The summed E-state index contributed by atoms with van der Waals surface area (Å²) < 4.78 is 0. The number of nitrogens with zero attached hydrogens (tertiary/aromatic N) is 2. The highest BCUT2D eigenvalue weighted by Gasteiger charge is 2.07. The van der Waals surface area contributed by atoms with Crippen molar-refractivity contribution in [3.63, 3.8) is 0 Å². The van der Waals surface area contributed by atoms with Crippen LogP contribution in [0, 0.1) is 0 Å². The number of aliphatic hydroxyl groups excluding tert-OH is 1. The Morgan fingerprint density at radius 2 is 1.88 bits per heavy atom. The Balaban J connectivity index is 0.000000593. The number of nitrogens with one attached hydrogen (secondary N) is 1. The molecule has 0 aliphatic heterocycles. The van der Waals surface area contributed by atoms with E-state index in [0.29, 0.717) is 17.3 Å². The molecule has 0 unspecified atom stereocenters. The van der Waals surface area contributed by atoms with Crippen LogP contribution in [0.25, 0.3) is 0 Å². The van der Waals surface area contributed by atoms with Crippen LogP contribution in [0.4, 0.5) is 0 Å². The van der Waals surface area contributed by atoms with Gasteiger partial charge in [0.25, 0.3) is 0 Å². The van der Waals surface area contributed by atoms with Crippen molar-refractivity contribution in [3.8, 4) is 0 Å². The molecule has 4 nitrogen and oxygen atoms in total. The number of aliphatic hydroxyl groups is 1. The summed E-state index contributed by atoms with van der Waals surface area (Å²) in [5, 5.41) is 12.7. The number of aliphatic imine (C=N–C) groups is 1. The van der Waals surface area contributed by atoms with Gasteiger partial charge in [-0.2, -0.15) is 0 Å². The van der Waals surface area contributed by atoms with Crippen LogP contribution in [0.5, 0.6) is 0 Å². The zero-order valence-corrected chi connectivity index (χ0v) is 17.1. The van der Waals surface area contributed by atoms with Crippen molar-refractivity contribution < 1.29 is 5.11 Å². The molecule has 25 heavy (non-hydrogen) atoms. The van der Waals surface area contributed by atoms with E-state index >= 15 is 0 Å². The van der Waals surface area contributed by atoms with Gasteiger partial charge in [-0.25, -0.2) is 4.99 Å². The molecule has 140 valence electrons. The first-order valence-electron chi connectivity index (χ1n) is 8.65. The van der Waals surface area contributed by atoms with Gasteiger partial charge >= 0.3 is 0 Å². The molecule has 1 aromatic heterocycles. The van der Waals surface area contributed by atoms with Crippen molar-refractivity contribution >= 4 is 16.8 Å². The second kappa shape index (κ2) is 13.8. The number of hydrogen-bond donors (Lipinski definition) is 2. The van der Waals surface area contributed by atoms with Crippen molar-refractivity contribution in [3.05, 3.63) is 52.5 Å². The molecule has 0 saturated carbocycles. The summed E-state index contributed by atoms with van der Waals surface area (Å²) in [6.45, 7) is 10.7. The lowest BCUT2D eigenvalue weighted by Gasteiger charge is -2.09. The minimum Gasteiger partial charge on any atom is -0.392 e. The van der Waals surface area contributed by atoms with Gasteiger partial charge in [-0.1, -0.05) is 42.7 Å². The molecule has 2 N–H and O–H groups in total. The molecule has 0 aromatic carbocycles. The first-order chi connectivity index (χ1) is 11.9. The number of aryl methyl sites for hydroxylation is 1. The van der Waals surface area contributed by atoms with Gasteiger partial charge in [-0.05, 0) is 52.8 Å². The Morgan fingerprint density at radius 1 is 1.20 bits per heavy atom. The topological polar surface area (TPSA) is 57.5 Å². The van der Waals surface area contributed by atoms with Gasteiger partial charge in [-0.15, -0.1) is 0 Å². The van der Waals surface area contributed by atoms with Gasteiger partial charge in [0, 0.05) is 29.7 Å². The van der Waals surface area contributed by atoms with Gasteiger partial charge in [0.05, 0.1) is 6.61 Å². The van der Waals surface area contributed by atoms with Crippen molar-refractivity contribution in [2.45, 2.75) is 47.5 Å². The SMILES string of the molecule is CCC(C)=C(C)N=C(Cl)/C(CO)=C(\C)CNC.CCc1ccccn1. The minimum absolute atomic E-state index is 0.0890. The number of hydrogen-bond acceptors (Lipinski definition) is 4. The summed E-state index contributed by atoms with van der Waals surface area (Å²) in [7, 11) is 1.86. The van der Waals surface area contributed by atoms with E-state index in [1.165, 1.54) is 5.57 Å².